The lowest BCUT2D eigenvalue weighted by Gasteiger charge is -2.23. The summed E-state index contributed by atoms with van der Waals surface area (Å²) in [5.74, 6) is 1.76. The van der Waals surface area contributed by atoms with Gasteiger partial charge in [-0.05, 0) is 45.0 Å². The summed E-state index contributed by atoms with van der Waals surface area (Å²) < 4.78 is 16.6. The second-order valence-corrected chi connectivity index (χ2v) is 5.71. The van der Waals surface area contributed by atoms with Crippen molar-refractivity contribution in [3.05, 3.63) is 23.8 Å². The summed E-state index contributed by atoms with van der Waals surface area (Å²) in [4.78, 5) is 0. The Morgan fingerprint density at radius 3 is 2.57 bits per heavy atom. The molecule has 0 aliphatic rings. The Kier molecular flexibility index (Phi) is 7.54. The van der Waals surface area contributed by atoms with Crippen molar-refractivity contribution < 1.29 is 14.2 Å². The number of hydrogen-bond donors (Lipinski definition) is 1. The first-order chi connectivity index (χ1) is 10.0. The molecule has 0 saturated heterocycles. The van der Waals surface area contributed by atoms with Crippen molar-refractivity contribution in [2.75, 3.05) is 27.4 Å². The molecule has 0 bridgehead atoms. The van der Waals surface area contributed by atoms with Crippen LogP contribution in [0.1, 0.15) is 39.2 Å². The van der Waals surface area contributed by atoms with E-state index in [-0.39, 0.29) is 5.60 Å². The standard InChI is InChI=1S/C17H29NO3/c1-6-10-18-13-14-12-15(19-4)7-8-16(14)21-11-9-17(2,3)20-5/h7-8,12,18H,6,9-11,13H2,1-5H3. The molecule has 0 aliphatic heterocycles. The first-order valence-corrected chi connectivity index (χ1v) is 7.58. The molecule has 1 N–H and O–H groups in total. The van der Waals surface area contributed by atoms with Gasteiger partial charge in [0.15, 0.2) is 0 Å². The van der Waals surface area contributed by atoms with Gasteiger partial charge in [0.05, 0.1) is 19.3 Å². The predicted molar refractivity (Wildman–Crippen MR) is 86.2 cm³/mol. The number of hydrogen-bond acceptors (Lipinski definition) is 4. The van der Waals surface area contributed by atoms with Gasteiger partial charge >= 0.3 is 0 Å². The van der Waals surface area contributed by atoms with E-state index in [1.165, 1.54) is 0 Å². The van der Waals surface area contributed by atoms with Crippen molar-refractivity contribution in [3.63, 3.8) is 0 Å². The van der Waals surface area contributed by atoms with Crippen LogP contribution in [0.5, 0.6) is 11.5 Å². The summed E-state index contributed by atoms with van der Waals surface area (Å²) in [7, 11) is 3.41. The van der Waals surface area contributed by atoms with Gasteiger partial charge < -0.3 is 19.5 Å². The molecule has 21 heavy (non-hydrogen) atoms. The summed E-state index contributed by atoms with van der Waals surface area (Å²) in [6.07, 6.45) is 1.96. The third-order valence-electron chi connectivity index (χ3n) is 3.52. The molecule has 0 atom stereocenters. The molecule has 1 rings (SSSR count). The van der Waals surface area contributed by atoms with Gasteiger partial charge in [-0.1, -0.05) is 6.92 Å². The molecular weight excluding hydrogens is 266 g/mol. The average molecular weight is 295 g/mol. The summed E-state index contributed by atoms with van der Waals surface area (Å²) in [5, 5.41) is 3.40. The number of nitrogens with one attached hydrogen (secondary N) is 1. The van der Waals surface area contributed by atoms with Crippen LogP contribution in [0.25, 0.3) is 0 Å². The van der Waals surface area contributed by atoms with Gasteiger partial charge in [0.25, 0.3) is 0 Å². The topological polar surface area (TPSA) is 39.7 Å². The van der Waals surface area contributed by atoms with Gasteiger partial charge in [0, 0.05) is 25.6 Å². The molecule has 120 valence electrons. The zero-order chi connectivity index (χ0) is 15.7. The van der Waals surface area contributed by atoms with Crippen LogP contribution in [0.3, 0.4) is 0 Å². The van der Waals surface area contributed by atoms with Crippen LogP contribution in [0.2, 0.25) is 0 Å². The van der Waals surface area contributed by atoms with Crippen LogP contribution in [0, 0.1) is 0 Å². The number of benzene rings is 1. The minimum Gasteiger partial charge on any atom is -0.497 e. The molecule has 0 heterocycles. The van der Waals surface area contributed by atoms with E-state index in [0.717, 1.165) is 43.0 Å². The van der Waals surface area contributed by atoms with Crippen molar-refractivity contribution in [1.82, 2.24) is 5.32 Å². The number of methoxy groups -OCH3 is 2. The molecule has 4 heteroatoms. The third-order valence-corrected chi connectivity index (χ3v) is 3.52. The highest BCUT2D eigenvalue weighted by Crippen LogP contribution is 2.25. The van der Waals surface area contributed by atoms with Crippen LogP contribution < -0.4 is 14.8 Å². The highest BCUT2D eigenvalue weighted by molar-refractivity contribution is 5.40. The highest BCUT2D eigenvalue weighted by atomic mass is 16.5. The normalized spacial score (nSPS) is 11.5. The van der Waals surface area contributed by atoms with Gasteiger partial charge in [-0.25, -0.2) is 0 Å². The molecule has 4 nitrogen and oxygen atoms in total. The maximum atomic E-state index is 5.93. The smallest absolute Gasteiger partial charge is 0.124 e. The molecule has 0 aromatic heterocycles. The van der Waals surface area contributed by atoms with Crippen LogP contribution >= 0.6 is 0 Å². The average Bonchev–Trinajstić information content (AvgIpc) is 2.48. The SMILES string of the molecule is CCCNCc1cc(OC)ccc1OCCC(C)(C)OC. The van der Waals surface area contributed by atoms with Crippen molar-refractivity contribution >= 4 is 0 Å². The summed E-state index contributed by atoms with van der Waals surface area (Å²) >= 11 is 0. The Morgan fingerprint density at radius 1 is 1.19 bits per heavy atom. The maximum Gasteiger partial charge on any atom is 0.124 e. The summed E-state index contributed by atoms with van der Waals surface area (Å²) in [6, 6.07) is 5.93. The molecule has 0 unspecified atom stereocenters. The monoisotopic (exact) mass is 295 g/mol. The van der Waals surface area contributed by atoms with E-state index < -0.39 is 0 Å². The fourth-order valence-electron chi connectivity index (χ4n) is 1.87. The Balaban J connectivity index is 2.66. The lowest BCUT2D eigenvalue weighted by Crippen LogP contribution is -2.25. The largest absolute Gasteiger partial charge is 0.497 e. The van der Waals surface area contributed by atoms with Crippen molar-refractivity contribution in [3.8, 4) is 11.5 Å². The number of rotatable bonds is 10. The van der Waals surface area contributed by atoms with Gasteiger partial charge in [-0.3, -0.25) is 0 Å². The van der Waals surface area contributed by atoms with Crippen LogP contribution in [0.4, 0.5) is 0 Å². The highest BCUT2D eigenvalue weighted by Gasteiger charge is 2.16. The first-order valence-electron chi connectivity index (χ1n) is 7.58. The summed E-state index contributed by atoms with van der Waals surface area (Å²) in [5.41, 5.74) is 0.964. The Labute approximate surface area is 128 Å². The fourth-order valence-corrected chi connectivity index (χ4v) is 1.87. The zero-order valence-electron chi connectivity index (χ0n) is 14.0. The van der Waals surface area contributed by atoms with E-state index >= 15 is 0 Å². The lowest BCUT2D eigenvalue weighted by atomic mass is 10.1. The molecule has 0 aliphatic carbocycles. The molecule has 1 aromatic rings. The van der Waals surface area contributed by atoms with E-state index in [4.69, 9.17) is 14.2 Å². The van der Waals surface area contributed by atoms with Crippen LogP contribution in [-0.4, -0.2) is 33.0 Å². The van der Waals surface area contributed by atoms with Crippen molar-refractivity contribution in [2.24, 2.45) is 0 Å². The van der Waals surface area contributed by atoms with E-state index in [2.05, 4.69) is 26.1 Å². The minimum atomic E-state index is -0.160. The van der Waals surface area contributed by atoms with Gasteiger partial charge in [0.2, 0.25) is 0 Å². The molecule has 0 saturated carbocycles. The predicted octanol–water partition coefficient (Wildman–Crippen LogP) is 3.39. The lowest BCUT2D eigenvalue weighted by molar-refractivity contribution is 0.00536. The Hall–Kier alpha value is -1.26. The molecule has 0 fully saturated rings. The van der Waals surface area contributed by atoms with Gasteiger partial charge in [-0.2, -0.15) is 0 Å². The summed E-state index contributed by atoms with van der Waals surface area (Å²) in [6.45, 7) is 8.69. The molecule has 0 radical (unpaired) electrons. The molecule has 1 aromatic carbocycles. The quantitative estimate of drug-likeness (QED) is 0.672. The molecule has 0 amide bonds. The Bertz CT molecular complexity index is 418. The van der Waals surface area contributed by atoms with E-state index in [1.807, 2.05) is 18.2 Å². The Morgan fingerprint density at radius 2 is 1.95 bits per heavy atom. The molecular formula is C17H29NO3. The van der Waals surface area contributed by atoms with Crippen LogP contribution in [0.15, 0.2) is 18.2 Å². The first kappa shape index (κ1) is 17.8. The second-order valence-electron chi connectivity index (χ2n) is 5.71. The second kappa shape index (κ2) is 8.90. The maximum absolute atomic E-state index is 5.93. The van der Waals surface area contributed by atoms with Crippen LogP contribution in [-0.2, 0) is 11.3 Å². The van der Waals surface area contributed by atoms with Gasteiger partial charge in [0.1, 0.15) is 11.5 Å². The number of ether oxygens (including phenoxy) is 3. The minimum absolute atomic E-state index is 0.160. The van der Waals surface area contributed by atoms with E-state index in [1.54, 1.807) is 14.2 Å². The third kappa shape index (κ3) is 6.36. The van der Waals surface area contributed by atoms with E-state index in [0.29, 0.717) is 6.61 Å². The van der Waals surface area contributed by atoms with E-state index in [9.17, 15) is 0 Å². The van der Waals surface area contributed by atoms with Crippen molar-refractivity contribution in [2.45, 2.75) is 45.8 Å². The van der Waals surface area contributed by atoms with Crippen molar-refractivity contribution in [1.29, 1.82) is 0 Å². The molecule has 0 spiro atoms. The zero-order valence-corrected chi connectivity index (χ0v) is 14.0. The fraction of sp³-hybridized carbons (Fsp3) is 0.647. The van der Waals surface area contributed by atoms with Gasteiger partial charge in [-0.15, -0.1) is 0 Å².